The molecule has 5 heteroatoms. The Hall–Kier alpha value is -1.88. The Morgan fingerprint density at radius 3 is 2.94 bits per heavy atom. The van der Waals surface area contributed by atoms with E-state index in [2.05, 4.69) is 11.9 Å². The Bertz CT molecular complexity index is 419. The summed E-state index contributed by atoms with van der Waals surface area (Å²) >= 11 is 0. The summed E-state index contributed by atoms with van der Waals surface area (Å²) in [6.45, 7) is 7.16. The molecule has 1 rings (SSSR count). The van der Waals surface area contributed by atoms with Crippen molar-refractivity contribution in [2.24, 2.45) is 0 Å². The molecule has 0 bridgehead atoms. The highest BCUT2D eigenvalue weighted by molar-refractivity contribution is 5.54. The summed E-state index contributed by atoms with van der Waals surface area (Å²) in [5.41, 5.74) is 1.53. The zero-order valence-corrected chi connectivity index (χ0v) is 10.5. The van der Waals surface area contributed by atoms with E-state index in [0.717, 1.165) is 12.1 Å². The molecule has 0 aliphatic rings. The lowest BCUT2D eigenvalue weighted by Crippen LogP contribution is -2.10. The van der Waals surface area contributed by atoms with E-state index in [1.54, 1.807) is 25.1 Å². The van der Waals surface area contributed by atoms with Crippen LogP contribution in [0.4, 0.5) is 11.4 Å². The van der Waals surface area contributed by atoms with Gasteiger partial charge in [-0.25, -0.2) is 0 Å². The Morgan fingerprint density at radius 2 is 2.28 bits per heavy atom. The summed E-state index contributed by atoms with van der Waals surface area (Å²) in [5.74, 6) is 0. The van der Waals surface area contributed by atoms with Crippen molar-refractivity contribution in [1.29, 1.82) is 0 Å². The fourth-order valence-corrected chi connectivity index (χ4v) is 1.45. The van der Waals surface area contributed by atoms with E-state index < -0.39 is 0 Å². The van der Waals surface area contributed by atoms with Crippen LogP contribution in [0.1, 0.15) is 12.0 Å². The molecule has 0 radical (unpaired) electrons. The van der Waals surface area contributed by atoms with Gasteiger partial charge in [0.25, 0.3) is 5.69 Å². The highest BCUT2D eigenvalue weighted by Gasteiger charge is 2.10. The Balaban J connectivity index is 2.41. The number of hydrogen-bond acceptors (Lipinski definition) is 4. The topological polar surface area (TPSA) is 64.4 Å². The highest BCUT2D eigenvalue weighted by atomic mass is 16.6. The second-order valence-corrected chi connectivity index (χ2v) is 3.87. The van der Waals surface area contributed by atoms with E-state index in [1.807, 2.05) is 6.07 Å². The number of nitrogens with zero attached hydrogens (tertiary/aromatic N) is 1. The first kappa shape index (κ1) is 14.2. The number of hydrogen-bond donors (Lipinski definition) is 1. The molecule has 18 heavy (non-hydrogen) atoms. The molecule has 0 spiro atoms. The summed E-state index contributed by atoms with van der Waals surface area (Å²) < 4.78 is 5.33. The molecule has 0 aliphatic heterocycles. The van der Waals surface area contributed by atoms with Crippen molar-refractivity contribution in [2.45, 2.75) is 13.3 Å². The molecule has 0 saturated carbocycles. The Morgan fingerprint density at radius 1 is 1.50 bits per heavy atom. The van der Waals surface area contributed by atoms with Gasteiger partial charge in [0.2, 0.25) is 0 Å². The minimum absolute atomic E-state index is 0.132. The first-order valence-corrected chi connectivity index (χ1v) is 5.82. The van der Waals surface area contributed by atoms with Crippen LogP contribution in [0.5, 0.6) is 0 Å². The predicted octanol–water partition coefficient (Wildman–Crippen LogP) is 2.91. The molecular formula is C13H18N2O3. The first-order chi connectivity index (χ1) is 8.65. The van der Waals surface area contributed by atoms with Gasteiger partial charge in [-0.3, -0.25) is 10.1 Å². The third kappa shape index (κ3) is 4.55. The molecule has 0 aromatic heterocycles. The lowest BCUT2D eigenvalue weighted by molar-refractivity contribution is -0.385. The highest BCUT2D eigenvalue weighted by Crippen LogP contribution is 2.21. The summed E-state index contributed by atoms with van der Waals surface area (Å²) in [5, 5.41) is 13.9. The molecule has 0 saturated heterocycles. The molecule has 0 amide bonds. The zero-order valence-electron chi connectivity index (χ0n) is 10.5. The lowest BCUT2D eigenvalue weighted by Gasteiger charge is -2.07. The van der Waals surface area contributed by atoms with Gasteiger partial charge in [-0.05, 0) is 19.4 Å². The largest absolute Gasteiger partial charge is 0.383 e. The van der Waals surface area contributed by atoms with Gasteiger partial charge >= 0.3 is 0 Å². The van der Waals surface area contributed by atoms with Gasteiger partial charge in [0.1, 0.15) is 0 Å². The lowest BCUT2D eigenvalue weighted by atomic mass is 10.2. The molecule has 0 aliphatic carbocycles. The van der Waals surface area contributed by atoms with Crippen LogP contribution < -0.4 is 5.32 Å². The van der Waals surface area contributed by atoms with Gasteiger partial charge in [0.05, 0.1) is 18.1 Å². The average Bonchev–Trinajstić information content (AvgIpc) is 2.35. The number of aryl methyl sites for hydroxylation is 1. The van der Waals surface area contributed by atoms with Crippen LogP contribution in [0.15, 0.2) is 30.9 Å². The van der Waals surface area contributed by atoms with E-state index in [9.17, 15) is 10.1 Å². The van der Waals surface area contributed by atoms with E-state index in [0.29, 0.717) is 25.3 Å². The molecule has 0 heterocycles. The van der Waals surface area contributed by atoms with Crippen LogP contribution in [0.25, 0.3) is 0 Å². The van der Waals surface area contributed by atoms with Gasteiger partial charge in [0, 0.05) is 23.9 Å². The summed E-state index contributed by atoms with van der Waals surface area (Å²) in [4.78, 5) is 10.4. The first-order valence-electron chi connectivity index (χ1n) is 5.82. The van der Waals surface area contributed by atoms with E-state index in [4.69, 9.17) is 4.74 Å². The second kappa shape index (κ2) is 7.45. The van der Waals surface area contributed by atoms with Crippen LogP contribution in [-0.4, -0.2) is 24.7 Å². The van der Waals surface area contributed by atoms with Crippen molar-refractivity contribution in [3.8, 4) is 0 Å². The van der Waals surface area contributed by atoms with Crippen molar-refractivity contribution in [3.05, 3.63) is 46.5 Å². The van der Waals surface area contributed by atoms with Crippen molar-refractivity contribution in [3.63, 3.8) is 0 Å². The number of nitrogens with one attached hydrogen (secondary N) is 1. The number of rotatable bonds is 8. The number of benzene rings is 1. The number of ether oxygens (including phenoxy) is 1. The number of anilines is 1. The van der Waals surface area contributed by atoms with E-state index >= 15 is 0 Å². The fraction of sp³-hybridized carbons (Fsp3) is 0.385. The minimum atomic E-state index is -0.374. The molecular weight excluding hydrogens is 232 g/mol. The standard InChI is InChI=1S/C13H18N2O3/c1-3-4-8-18-9-7-14-12-6-5-11(2)13(10-12)15(16)17/h3,5-6,10,14H,1,4,7-9H2,2H3. The summed E-state index contributed by atoms with van der Waals surface area (Å²) in [6.07, 6.45) is 2.63. The molecule has 0 atom stereocenters. The maximum atomic E-state index is 10.8. The second-order valence-electron chi connectivity index (χ2n) is 3.87. The van der Waals surface area contributed by atoms with Gasteiger partial charge in [-0.1, -0.05) is 12.1 Å². The third-order valence-electron chi connectivity index (χ3n) is 2.45. The van der Waals surface area contributed by atoms with Crippen LogP contribution in [0.3, 0.4) is 0 Å². The maximum absolute atomic E-state index is 10.8. The van der Waals surface area contributed by atoms with Crippen LogP contribution in [-0.2, 0) is 4.74 Å². The van der Waals surface area contributed by atoms with Crippen LogP contribution >= 0.6 is 0 Å². The molecule has 1 N–H and O–H groups in total. The van der Waals surface area contributed by atoms with Crippen molar-refractivity contribution >= 4 is 11.4 Å². The normalized spacial score (nSPS) is 10.1. The molecule has 0 unspecified atom stereocenters. The minimum Gasteiger partial charge on any atom is -0.383 e. The quantitative estimate of drug-likeness (QED) is 0.333. The maximum Gasteiger partial charge on any atom is 0.274 e. The SMILES string of the molecule is C=CCCOCCNc1ccc(C)c([N+](=O)[O-])c1. The van der Waals surface area contributed by atoms with Crippen molar-refractivity contribution in [2.75, 3.05) is 25.1 Å². The fourth-order valence-electron chi connectivity index (χ4n) is 1.45. The van der Waals surface area contributed by atoms with Crippen molar-refractivity contribution < 1.29 is 9.66 Å². The monoisotopic (exact) mass is 250 g/mol. The van der Waals surface area contributed by atoms with Gasteiger partial charge < -0.3 is 10.1 Å². The molecule has 5 nitrogen and oxygen atoms in total. The molecule has 0 fully saturated rings. The van der Waals surface area contributed by atoms with Crippen LogP contribution in [0.2, 0.25) is 0 Å². The van der Waals surface area contributed by atoms with Crippen LogP contribution in [0, 0.1) is 17.0 Å². The smallest absolute Gasteiger partial charge is 0.274 e. The van der Waals surface area contributed by atoms with E-state index in [1.165, 1.54) is 0 Å². The molecule has 98 valence electrons. The predicted molar refractivity (Wildman–Crippen MR) is 72.0 cm³/mol. The van der Waals surface area contributed by atoms with Crippen molar-refractivity contribution in [1.82, 2.24) is 0 Å². The Kier molecular flexibility index (Phi) is 5.87. The Labute approximate surface area is 107 Å². The molecule has 1 aromatic carbocycles. The van der Waals surface area contributed by atoms with Gasteiger partial charge in [-0.15, -0.1) is 6.58 Å². The van der Waals surface area contributed by atoms with Gasteiger partial charge in [0.15, 0.2) is 0 Å². The summed E-state index contributed by atoms with van der Waals surface area (Å²) in [7, 11) is 0. The average molecular weight is 250 g/mol. The molecule has 1 aromatic rings. The van der Waals surface area contributed by atoms with Gasteiger partial charge in [-0.2, -0.15) is 0 Å². The summed E-state index contributed by atoms with van der Waals surface area (Å²) in [6, 6.07) is 5.10. The van der Waals surface area contributed by atoms with E-state index in [-0.39, 0.29) is 10.6 Å². The third-order valence-corrected chi connectivity index (χ3v) is 2.45. The number of nitro groups is 1. The zero-order chi connectivity index (χ0) is 13.4. The number of nitro benzene ring substituents is 1.